The summed E-state index contributed by atoms with van der Waals surface area (Å²) in [7, 11) is -3.42. The van der Waals surface area contributed by atoms with Crippen LogP contribution in [0.3, 0.4) is 0 Å². The number of nitrogens with one attached hydrogen (secondary N) is 1. The quantitative estimate of drug-likeness (QED) is 0.604. The first-order chi connectivity index (χ1) is 14.9. The zero-order valence-corrected chi connectivity index (χ0v) is 18.5. The molecule has 8 nitrogen and oxygen atoms in total. The number of anilines is 2. The monoisotopic (exact) mass is 438 g/mol. The normalized spacial score (nSPS) is 17.0. The van der Waals surface area contributed by atoms with E-state index < -0.39 is 10.0 Å². The SMILES string of the molecule is Cc1cc(C)nc(Nc2cncc([C@H]3CCCN3S(=O)(=O)CCc3ccccc3)n2)n1. The van der Waals surface area contributed by atoms with Crippen molar-refractivity contribution < 1.29 is 8.42 Å². The molecule has 3 aromatic rings. The molecule has 0 amide bonds. The van der Waals surface area contributed by atoms with Gasteiger partial charge < -0.3 is 5.32 Å². The maximum absolute atomic E-state index is 13.1. The van der Waals surface area contributed by atoms with Gasteiger partial charge in [0.2, 0.25) is 16.0 Å². The van der Waals surface area contributed by atoms with Crippen LogP contribution in [0.1, 0.15) is 41.5 Å². The zero-order chi connectivity index (χ0) is 21.8. The van der Waals surface area contributed by atoms with Gasteiger partial charge in [-0.1, -0.05) is 30.3 Å². The Bertz CT molecular complexity index is 1130. The second-order valence-corrected chi connectivity index (χ2v) is 9.79. The smallest absolute Gasteiger partial charge is 0.228 e. The average Bonchev–Trinajstić information content (AvgIpc) is 3.24. The summed E-state index contributed by atoms with van der Waals surface area (Å²) in [5.41, 5.74) is 3.35. The maximum Gasteiger partial charge on any atom is 0.228 e. The van der Waals surface area contributed by atoms with E-state index >= 15 is 0 Å². The molecule has 0 radical (unpaired) electrons. The molecule has 0 aliphatic carbocycles. The Morgan fingerprint density at radius 3 is 2.55 bits per heavy atom. The van der Waals surface area contributed by atoms with Gasteiger partial charge in [0.05, 0.1) is 29.9 Å². The largest absolute Gasteiger partial charge is 0.307 e. The second-order valence-electron chi connectivity index (χ2n) is 7.75. The van der Waals surface area contributed by atoms with Gasteiger partial charge in [0.15, 0.2) is 5.82 Å². The highest BCUT2D eigenvalue weighted by Crippen LogP contribution is 2.34. The van der Waals surface area contributed by atoms with Crippen molar-refractivity contribution in [3.05, 3.63) is 71.4 Å². The van der Waals surface area contributed by atoms with Crippen molar-refractivity contribution in [3.63, 3.8) is 0 Å². The number of hydrogen-bond acceptors (Lipinski definition) is 7. The molecular formula is C22H26N6O2S. The molecule has 1 fully saturated rings. The van der Waals surface area contributed by atoms with E-state index in [9.17, 15) is 8.42 Å². The predicted octanol–water partition coefficient (Wildman–Crippen LogP) is 3.34. The number of hydrogen-bond donors (Lipinski definition) is 1. The minimum atomic E-state index is -3.42. The Morgan fingerprint density at radius 2 is 1.81 bits per heavy atom. The molecule has 0 unspecified atom stereocenters. The summed E-state index contributed by atoms with van der Waals surface area (Å²) in [5.74, 6) is 1.02. The van der Waals surface area contributed by atoms with Crippen LogP contribution in [0.5, 0.6) is 0 Å². The Hall–Kier alpha value is -2.91. The summed E-state index contributed by atoms with van der Waals surface area (Å²) < 4.78 is 27.7. The molecule has 2 aromatic heterocycles. The van der Waals surface area contributed by atoms with Crippen LogP contribution < -0.4 is 5.32 Å². The molecule has 9 heteroatoms. The lowest BCUT2D eigenvalue weighted by Crippen LogP contribution is -2.33. The van der Waals surface area contributed by atoms with Gasteiger partial charge in [-0.3, -0.25) is 4.98 Å². The Balaban J connectivity index is 1.51. The lowest BCUT2D eigenvalue weighted by atomic mass is 10.2. The van der Waals surface area contributed by atoms with E-state index in [0.29, 0.717) is 30.4 Å². The zero-order valence-electron chi connectivity index (χ0n) is 17.7. The van der Waals surface area contributed by atoms with Crippen molar-refractivity contribution in [3.8, 4) is 0 Å². The van der Waals surface area contributed by atoms with E-state index in [-0.39, 0.29) is 11.8 Å². The number of aryl methyl sites for hydroxylation is 3. The topological polar surface area (TPSA) is 101 Å². The van der Waals surface area contributed by atoms with Crippen molar-refractivity contribution in [1.82, 2.24) is 24.2 Å². The summed E-state index contributed by atoms with van der Waals surface area (Å²) in [6.07, 6.45) is 5.25. The third kappa shape index (κ3) is 5.23. The third-order valence-corrected chi connectivity index (χ3v) is 7.14. The van der Waals surface area contributed by atoms with Crippen LogP contribution in [0.25, 0.3) is 0 Å². The molecule has 162 valence electrons. The standard InChI is InChI=1S/C22H26N6O2S/c1-16-13-17(2)25-22(24-16)27-21-15-23-14-19(26-21)20-9-6-11-28(20)31(29,30)12-10-18-7-4-3-5-8-18/h3-5,7-8,13-15,20H,6,9-12H2,1-2H3,(H,24,25,26,27)/t20-/m1/s1. The molecule has 1 N–H and O–H groups in total. The lowest BCUT2D eigenvalue weighted by molar-refractivity contribution is 0.390. The fourth-order valence-corrected chi connectivity index (χ4v) is 5.61. The van der Waals surface area contributed by atoms with Crippen LogP contribution in [-0.4, -0.2) is 45.0 Å². The number of benzene rings is 1. The molecular weight excluding hydrogens is 412 g/mol. The third-order valence-electron chi connectivity index (χ3n) is 5.27. The Labute approximate surface area is 182 Å². The molecule has 4 rings (SSSR count). The molecule has 0 spiro atoms. The highest BCUT2D eigenvalue weighted by Gasteiger charge is 2.36. The van der Waals surface area contributed by atoms with Crippen LogP contribution in [-0.2, 0) is 16.4 Å². The predicted molar refractivity (Wildman–Crippen MR) is 119 cm³/mol. The van der Waals surface area contributed by atoms with Crippen LogP contribution in [0.2, 0.25) is 0 Å². The molecule has 1 saturated heterocycles. The highest BCUT2D eigenvalue weighted by atomic mass is 32.2. The Kier molecular flexibility index (Phi) is 6.24. The number of sulfonamides is 1. The van der Waals surface area contributed by atoms with Crippen molar-refractivity contribution in [2.24, 2.45) is 0 Å². The number of nitrogens with zero attached hydrogens (tertiary/aromatic N) is 5. The Morgan fingerprint density at radius 1 is 1.06 bits per heavy atom. The van der Waals surface area contributed by atoms with E-state index in [0.717, 1.165) is 29.8 Å². The summed E-state index contributed by atoms with van der Waals surface area (Å²) >= 11 is 0. The number of aromatic nitrogens is 4. The lowest BCUT2D eigenvalue weighted by Gasteiger charge is -2.23. The van der Waals surface area contributed by atoms with Crippen LogP contribution >= 0.6 is 0 Å². The molecule has 1 aliphatic rings. The van der Waals surface area contributed by atoms with E-state index in [1.165, 1.54) is 0 Å². The number of rotatable bonds is 7. The van der Waals surface area contributed by atoms with Gasteiger partial charge in [0, 0.05) is 17.9 Å². The molecule has 1 aromatic carbocycles. The maximum atomic E-state index is 13.1. The first-order valence-corrected chi connectivity index (χ1v) is 12.0. The fourth-order valence-electron chi connectivity index (χ4n) is 3.88. The van der Waals surface area contributed by atoms with Gasteiger partial charge >= 0.3 is 0 Å². The van der Waals surface area contributed by atoms with Gasteiger partial charge in [-0.2, -0.15) is 4.31 Å². The van der Waals surface area contributed by atoms with Gasteiger partial charge in [-0.15, -0.1) is 0 Å². The first-order valence-electron chi connectivity index (χ1n) is 10.4. The molecule has 0 saturated carbocycles. The van der Waals surface area contributed by atoms with Crippen LogP contribution in [0, 0.1) is 13.8 Å². The van der Waals surface area contributed by atoms with Gasteiger partial charge in [0.25, 0.3) is 0 Å². The van der Waals surface area contributed by atoms with E-state index in [1.54, 1.807) is 16.7 Å². The van der Waals surface area contributed by atoms with Gasteiger partial charge in [-0.25, -0.2) is 23.4 Å². The second kappa shape index (κ2) is 9.07. The van der Waals surface area contributed by atoms with E-state index in [1.807, 2.05) is 50.2 Å². The van der Waals surface area contributed by atoms with Crippen molar-refractivity contribution in [1.29, 1.82) is 0 Å². The van der Waals surface area contributed by atoms with Crippen LogP contribution in [0.15, 0.2) is 48.8 Å². The van der Waals surface area contributed by atoms with Gasteiger partial charge in [-0.05, 0) is 44.7 Å². The minimum Gasteiger partial charge on any atom is -0.307 e. The fraction of sp³-hybridized carbons (Fsp3) is 0.364. The highest BCUT2D eigenvalue weighted by molar-refractivity contribution is 7.89. The molecule has 3 heterocycles. The van der Waals surface area contributed by atoms with Gasteiger partial charge in [0.1, 0.15) is 0 Å². The van der Waals surface area contributed by atoms with Crippen molar-refractivity contribution in [2.45, 2.75) is 39.2 Å². The summed E-state index contributed by atoms with van der Waals surface area (Å²) in [6, 6.07) is 11.3. The molecule has 1 atom stereocenters. The first kappa shape index (κ1) is 21.3. The van der Waals surface area contributed by atoms with Crippen molar-refractivity contribution >= 4 is 21.8 Å². The minimum absolute atomic E-state index is 0.0787. The van der Waals surface area contributed by atoms with E-state index in [2.05, 4.69) is 25.3 Å². The van der Waals surface area contributed by atoms with E-state index in [4.69, 9.17) is 0 Å². The summed E-state index contributed by atoms with van der Waals surface area (Å²) in [5, 5.41) is 3.09. The molecule has 1 aliphatic heterocycles. The van der Waals surface area contributed by atoms with Crippen LogP contribution in [0.4, 0.5) is 11.8 Å². The summed E-state index contributed by atoms with van der Waals surface area (Å²) in [4.78, 5) is 17.6. The molecule has 0 bridgehead atoms. The summed E-state index contributed by atoms with van der Waals surface area (Å²) in [6.45, 7) is 4.30. The van der Waals surface area contributed by atoms with Crippen molar-refractivity contribution in [2.75, 3.05) is 17.6 Å². The molecule has 31 heavy (non-hydrogen) atoms. The average molecular weight is 439 g/mol.